The third-order valence-electron chi connectivity index (χ3n) is 2.84. The fourth-order valence-electron chi connectivity index (χ4n) is 1.89. The number of ketones is 1. The van der Waals surface area contributed by atoms with Gasteiger partial charge in [-0.25, -0.2) is 4.39 Å². The summed E-state index contributed by atoms with van der Waals surface area (Å²) in [5.41, 5.74) is 0.362. The molecule has 0 aliphatic heterocycles. The summed E-state index contributed by atoms with van der Waals surface area (Å²) in [4.78, 5) is 12.3. The molecule has 3 nitrogen and oxygen atoms in total. The minimum atomic E-state index is -0.651. The van der Waals surface area contributed by atoms with Crippen molar-refractivity contribution in [1.82, 2.24) is 0 Å². The number of hydrogen-bond acceptors (Lipinski definition) is 3. The average molecular weight is 274 g/mol. The Morgan fingerprint density at radius 1 is 1.20 bits per heavy atom. The summed E-state index contributed by atoms with van der Waals surface area (Å²) in [6.45, 7) is 2.36. The molecule has 0 saturated carbocycles. The number of methoxy groups -OCH3 is 1. The van der Waals surface area contributed by atoms with Crippen LogP contribution in [0, 0.1) is 5.82 Å². The number of rotatable bonds is 5. The number of carbonyl (C=O) groups excluding carboxylic acids is 1. The molecule has 0 atom stereocenters. The Hall–Kier alpha value is -2.36. The van der Waals surface area contributed by atoms with Crippen LogP contribution in [0.15, 0.2) is 42.5 Å². The van der Waals surface area contributed by atoms with Gasteiger partial charge < -0.3 is 9.47 Å². The normalized spacial score (nSPS) is 10.2. The van der Waals surface area contributed by atoms with Crippen LogP contribution < -0.4 is 9.47 Å². The Balaban J connectivity index is 2.38. The van der Waals surface area contributed by atoms with E-state index in [1.807, 2.05) is 6.92 Å². The van der Waals surface area contributed by atoms with Gasteiger partial charge in [0, 0.05) is 5.56 Å². The predicted molar refractivity (Wildman–Crippen MR) is 74.0 cm³/mol. The fraction of sp³-hybridized carbons (Fsp3) is 0.188. The van der Waals surface area contributed by atoms with Gasteiger partial charge in [0.05, 0.1) is 19.3 Å². The lowest BCUT2D eigenvalue weighted by Crippen LogP contribution is -2.06. The molecule has 20 heavy (non-hydrogen) atoms. The van der Waals surface area contributed by atoms with Crippen molar-refractivity contribution in [3.63, 3.8) is 0 Å². The zero-order valence-electron chi connectivity index (χ0n) is 11.4. The first-order chi connectivity index (χ1) is 9.67. The van der Waals surface area contributed by atoms with Crippen LogP contribution in [0.25, 0.3) is 0 Å². The Morgan fingerprint density at radius 3 is 2.65 bits per heavy atom. The van der Waals surface area contributed by atoms with E-state index in [1.165, 1.54) is 19.2 Å². The van der Waals surface area contributed by atoms with E-state index in [0.29, 0.717) is 17.9 Å². The lowest BCUT2D eigenvalue weighted by Gasteiger charge is -2.08. The maximum Gasteiger partial charge on any atom is 0.196 e. The smallest absolute Gasteiger partial charge is 0.196 e. The van der Waals surface area contributed by atoms with Gasteiger partial charge in [-0.15, -0.1) is 0 Å². The summed E-state index contributed by atoms with van der Waals surface area (Å²) in [5, 5.41) is 0. The minimum Gasteiger partial charge on any atom is -0.494 e. The lowest BCUT2D eigenvalue weighted by atomic mass is 10.0. The fourth-order valence-corrected chi connectivity index (χ4v) is 1.89. The Bertz CT molecular complexity index is 623. The van der Waals surface area contributed by atoms with E-state index >= 15 is 0 Å². The van der Waals surface area contributed by atoms with Crippen LogP contribution in [0.4, 0.5) is 4.39 Å². The van der Waals surface area contributed by atoms with Crippen LogP contribution in [-0.2, 0) is 0 Å². The number of carbonyl (C=O) groups is 1. The second-order valence-electron chi connectivity index (χ2n) is 4.11. The van der Waals surface area contributed by atoms with Gasteiger partial charge in [0.25, 0.3) is 0 Å². The van der Waals surface area contributed by atoms with Crippen LogP contribution in [0.5, 0.6) is 11.5 Å². The molecule has 2 rings (SSSR count). The van der Waals surface area contributed by atoms with E-state index in [4.69, 9.17) is 9.47 Å². The molecule has 0 unspecified atom stereocenters. The van der Waals surface area contributed by atoms with Gasteiger partial charge in [-0.05, 0) is 31.2 Å². The highest BCUT2D eigenvalue weighted by atomic mass is 19.1. The highest BCUT2D eigenvalue weighted by molar-refractivity contribution is 6.09. The molecular formula is C16H15FO3. The Kier molecular flexibility index (Phi) is 4.35. The van der Waals surface area contributed by atoms with Crippen molar-refractivity contribution in [2.24, 2.45) is 0 Å². The molecule has 2 aromatic carbocycles. The molecule has 4 heteroatoms. The van der Waals surface area contributed by atoms with E-state index in [9.17, 15) is 9.18 Å². The van der Waals surface area contributed by atoms with E-state index < -0.39 is 11.6 Å². The Morgan fingerprint density at radius 2 is 1.95 bits per heavy atom. The molecule has 0 aliphatic rings. The van der Waals surface area contributed by atoms with Crippen LogP contribution in [0.2, 0.25) is 0 Å². The molecule has 0 N–H and O–H groups in total. The average Bonchev–Trinajstić information content (AvgIpc) is 2.47. The van der Waals surface area contributed by atoms with Gasteiger partial charge in [-0.1, -0.05) is 18.2 Å². The van der Waals surface area contributed by atoms with Crippen molar-refractivity contribution >= 4 is 5.78 Å². The second kappa shape index (κ2) is 6.19. The zero-order chi connectivity index (χ0) is 14.5. The van der Waals surface area contributed by atoms with Gasteiger partial charge in [0.1, 0.15) is 5.75 Å². The van der Waals surface area contributed by atoms with E-state index in [2.05, 4.69) is 0 Å². The third kappa shape index (κ3) is 2.79. The molecule has 0 heterocycles. The molecule has 2 aromatic rings. The van der Waals surface area contributed by atoms with Gasteiger partial charge >= 0.3 is 0 Å². The number of halogens is 1. The first-order valence-electron chi connectivity index (χ1n) is 6.27. The molecule has 0 bridgehead atoms. The first-order valence-corrected chi connectivity index (χ1v) is 6.27. The largest absolute Gasteiger partial charge is 0.494 e. The quantitative estimate of drug-likeness (QED) is 0.783. The molecule has 0 saturated heterocycles. The molecule has 0 aliphatic carbocycles. The summed E-state index contributed by atoms with van der Waals surface area (Å²) in [7, 11) is 1.36. The summed E-state index contributed by atoms with van der Waals surface area (Å²) < 4.78 is 24.3. The lowest BCUT2D eigenvalue weighted by molar-refractivity contribution is 0.103. The van der Waals surface area contributed by atoms with Gasteiger partial charge in [-0.2, -0.15) is 0 Å². The van der Waals surface area contributed by atoms with E-state index in [0.717, 1.165) is 0 Å². The van der Waals surface area contributed by atoms with Crippen LogP contribution >= 0.6 is 0 Å². The van der Waals surface area contributed by atoms with Crippen molar-refractivity contribution in [2.45, 2.75) is 6.92 Å². The molecule has 0 aromatic heterocycles. The van der Waals surface area contributed by atoms with E-state index in [-0.39, 0.29) is 11.3 Å². The van der Waals surface area contributed by atoms with Gasteiger partial charge in [0.2, 0.25) is 0 Å². The second-order valence-corrected chi connectivity index (χ2v) is 4.11. The molecule has 0 radical (unpaired) electrons. The molecule has 104 valence electrons. The zero-order valence-corrected chi connectivity index (χ0v) is 11.4. The highest BCUT2D eigenvalue weighted by Crippen LogP contribution is 2.23. The topological polar surface area (TPSA) is 35.5 Å². The first kappa shape index (κ1) is 14.1. The van der Waals surface area contributed by atoms with Crippen molar-refractivity contribution in [3.05, 3.63) is 59.4 Å². The standard InChI is InChI=1S/C16H15FO3/c1-3-20-12-7-4-6-11(10-12)16(18)13-8-5-9-14(19-2)15(13)17/h4-10H,3H2,1-2H3. The van der Waals surface area contributed by atoms with Crippen molar-refractivity contribution in [1.29, 1.82) is 0 Å². The van der Waals surface area contributed by atoms with Crippen molar-refractivity contribution in [2.75, 3.05) is 13.7 Å². The van der Waals surface area contributed by atoms with Crippen LogP contribution in [0.3, 0.4) is 0 Å². The maximum atomic E-state index is 14.1. The summed E-state index contributed by atoms with van der Waals surface area (Å²) >= 11 is 0. The maximum absolute atomic E-state index is 14.1. The molecule has 0 amide bonds. The number of benzene rings is 2. The molecule has 0 spiro atoms. The van der Waals surface area contributed by atoms with Crippen molar-refractivity contribution in [3.8, 4) is 11.5 Å². The van der Waals surface area contributed by atoms with Crippen LogP contribution in [0.1, 0.15) is 22.8 Å². The predicted octanol–water partition coefficient (Wildman–Crippen LogP) is 3.46. The molecular weight excluding hydrogens is 259 g/mol. The number of ether oxygens (including phenoxy) is 2. The molecule has 0 fully saturated rings. The monoisotopic (exact) mass is 274 g/mol. The van der Waals surface area contributed by atoms with Gasteiger partial charge in [-0.3, -0.25) is 4.79 Å². The third-order valence-corrected chi connectivity index (χ3v) is 2.84. The number of hydrogen-bond donors (Lipinski definition) is 0. The summed E-state index contributed by atoms with van der Waals surface area (Å²) in [6.07, 6.45) is 0. The Labute approximate surface area is 117 Å². The van der Waals surface area contributed by atoms with Crippen LogP contribution in [-0.4, -0.2) is 19.5 Å². The van der Waals surface area contributed by atoms with Gasteiger partial charge in [0.15, 0.2) is 17.3 Å². The summed E-state index contributed by atoms with van der Waals surface area (Å²) in [5.74, 6) is -0.414. The minimum absolute atomic E-state index is 0.0157. The summed E-state index contributed by atoms with van der Waals surface area (Å²) in [6, 6.07) is 11.2. The van der Waals surface area contributed by atoms with E-state index in [1.54, 1.807) is 30.3 Å². The highest BCUT2D eigenvalue weighted by Gasteiger charge is 2.17. The SMILES string of the molecule is CCOc1cccc(C(=O)c2cccc(OC)c2F)c1. The van der Waals surface area contributed by atoms with Crippen molar-refractivity contribution < 1.29 is 18.7 Å².